The van der Waals surface area contributed by atoms with Gasteiger partial charge >= 0.3 is 6.18 Å². The second kappa shape index (κ2) is 3.79. The fourth-order valence-corrected chi connectivity index (χ4v) is 1.06. The molecule has 1 rings (SSSR count). The highest BCUT2D eigenvalue weighted by Gasteiger charge is 2.31. The van der Waals surface area contributed by atoms with E-state index in [4.69, 9.17) is 5.73 Å². The third-order valence-corrected chi connectivity index (χ3v) is 1.64. The molecule has 1 amide bonds. The number of nitrogens with two attached hydrogens (primary N) is 1. The molecule has 0 atom stereocenters. The molecule has 8 heteroatoms. The van der Waals surface area contributed by atoms with Gasteiger partial charge in [0.25, 0.3) is 5.91 Å². The SMILES string of the molecule is CNC(=O)c1c(N)cnn1CC(F)(F)F. The molecule has 1 aromatic rings. The zero-order valence-corrected chi connectivity index (χ0v) is 7.80. The van der Waals surface area contributed by atoms with Gasteiger partial charge in [0.2, 0.25) is 0 Å². The van der Waals surface area contributed by atoms with E-state index < -0.39 is 18.6 Å². The van der Waals surface area contributed by atoms with Gasteiger partial charge in [0.15, 0.2) is 0 Å². The number of aromatic nitrogens is 2. The summed E-state index contributed by atoms with van der Waals surface area (Å²) in [7, 11) is 1.30. The third kappa shape index (κ3) is 2.61. The number of hydrogen-bond donors (Lipinski definition) is 2. The van der Waals surface area contributed by atoms with Crippen LogP contribution in [0.15, 0.2) is 6.20 Å². The van der Waals surface area contributed by atoms with Crippen LogP contribution in [0.4, 0.5) is 18.9 Å². The summed E-state index contributed by atoms with van der Waals surface area (Å²) in [6.45, 7) is -1.34. The number of carbonyl (C=O) groups excluding carboxylic acids is 1. The maximum absolute atomic E-state index is 12.1. The lowest BCUT2D eigenvalue weighted by Gasteiger charge is -2.09. The van der Waals surface area contributed by atoms with Crippen LogP contribution in [0.3, 0.4) is 0 Å². The Labute approximate surface area is 83.0 Å². The van der Waals surface area contributed by atoms with Gasteiger partial charge in [-0.25, -0.2) is 4.68 Å². The Morgan fingerprint density at radius 3 is 2.73 bits per heavy atom. The molecule has 0 spiro atoms. The Balaban J connectivity index is 3.04. The number of carbonyl (C=O) groups is 1. The maximum atomic E-state index is 12.1. The highest BCUT2D eigenvalue weighted by molar-refractivity contribution is 5.97. The first kappa shape index (κ1) is 11.3. The lowest BCUT2D eigenvalue weighted by atomic mass is 10.3. The summed E-state index contributed by atoms with van der Waals surface area (Å²) in [5.41, 5.74) is 4.96. The quantitative estimate of drug-likeness (QED) is 0.760. The largest absolute Gasteiger partial charge is 0.408 e. The molecule has 1 heterocycles. The van der Waals surface area contributed by atoms with Gasteiger partial charge in [-0.1, -0.05) is 0 Å². The maximum Gasteiger partial charge on any atom is 0.408 e. The van der Waals surface area contributed by atoms with Crippen LogP contribution in [0.25, 0.3) is 0 Å². The number of hydrogen-bond acceptors (Lipinski definition) is 3. The molecule has 15 heavy (non-hydrogen) atoms. The molecule has 0 aliphatic heterocycles. The van der Waals surface area contributed by atoms with Gasteiger partial charge in [0.1, 0.15) is 12.2 Å². The second-order valence-electron chi connectivity index (χ2n) is 2.80. The second-order valence-corrected chi connectivity index (χ2v) is 2.80. The molecule has 0 fully saturated rings. The van der Waals surface area contributed by atoms with E-state index in [1.807, 2.05) is 0 Å². The summed E-state index contributed by atoms with van der Waals surface area (Å²) in [6, 6.07) is 0. The Hall–Kier alpha value is -1.73. The predicted molar refractivity (Wildman–Crippen MR) is 46.1 cm³/mol. The van der Waals surface area contributed by atoms with Crippen molar-refractivity contribution in [1.29, 1.82) is 0 Å². The van der Waals surface area contributed by atoms with Crippen molar-refractivity contribution in [2.24, 2.45) is 0 Å². The van der Waals surface area contributed by atoms with Crippen molar-refractivity contribution < 1.29 is 18.0 Å². The number of rotatable bonds is 2. The van der Waals surface area contributed by atoms with Crippen molar-refractivity contribution in [2.45, 2.75) is 12.7 Å². The van der Waals surface area contributed by atoms with Crippen molar-refractivity contribution in [3.63, 3.8) is 0 Å². The van der Waals surface area contributed by atoms with Gasteiger partial charge in [-0.05, 0) is 0 Å². The molecule has 1 aromatic heterocycles. The van der Waals surface area contributed by atoms with E-state index in [9.17, 15) is 18.0 Å². The smallest absolute Gasteiger partial charge is 0.396 e. The molecule has 5 nitrogen and oxygen atoms in total. The van der Waals surface area contributed by atoms with Gasteiger partial charge < -0.3 is 11.1 Å². The van der Waals surface area contributed by atoms with Crippen LogP contribution in [0.5, 0.6) is 0 Å². The average molecular weight is 222 g/mol. The fourth-order valence-electron chi connectivity index (χ4n) is 1.06. The zero-order chi connectivity index (χ0) is 11.6. The van der Waals surface area contributed by atoms with Crippen molar-refractivity contribution >= 4 is 11.6 Å². The van der Waals surface area contributed by atoms with Gasteiger partial charge in [0.05, 0.1) is 11.9 Å². The Morgan fingerprint density at radius 2 is 2.27 bits per heavy atom. The minimum Gasteiger partial charge on any atom is -0.396 e. The molecule has 0 radical (unpaired) electrons. The minimum absolute atomic E-state index is 0.0846. The van der Waals surface area contributed by atoms with Crippen LogP contribution in [-0.2, 0) is 6.54 Å². The van der Waals surface area contributed by atoms with E-state index in [0.717, 1.165) is 6.20 Å². The topological polar surface area (TPSA) is 72.9 Å². The number of nitrogens with zero attached hydrogens (tertiary/aromatic N) is 2. The summed E-state index contributed by atoms with van der Waals surface area (Å²) >= 11 is 0. The first-order chi connectivity index (χ1) is 6.85. The van der Waals surface area contributed by atoms with E-state index in [-0.39, 0.29) is 11.4 Å². The Kier molecular flexibility index (Phi) is 2.87. The zero-order valence-electron chi connectivity index (χ0n) is 7.80. The number of amides is 1. The summed E-state index contributed by atoms with van der Waals surface area (Å²) < 4.78 is 36.7. The van der Waals surface area contributed by atoms with Gasteiger partial charge in [0, 0.05) is 7.05 Å². The highest BCUT2D eigenvalue weighted by Crippen LogP contribution is 2.20. The monoisotopic (exact) mass is 222 g/mol. The average Bonchev–Trinajstić information content (AvgIpc) is 2.43. The summed E-state index contributed by atoms with van der Waals surface area (Å²) in [5, 5.41) is 5.57. The molecule has 3 N–H and O–H groups in total. The van der Waals surface area contributed by atoms with Crippen molar-refractivity contribution in [1.82, 2.24) is 15.1 Å². The van der Waals surface area contributed by atoms with Crippen molar-refractivity contribution in [3.05, 3.63) is 11.9 Å². The van der Waals surface area contributed by atoms with Crippen LogP contribution in [0, 0.1) is 0 Å². The molecule has 0 saturated heterocycles. The number of halogens is 3. The summed E-state index contributed by atoms with van der Waals surface area (Å²) in [4.78, 5) is 11.2. The van der Waals surface area contributed by atoms with Crippen LogP contribution in [0.2, 0.25) is 0 Å². The molecule has 0 bridgehead atoms. The first-order valence-corrected chi connectivity index (χ1v) is 3.95. The van der Waals surface area contributed by atoms with Crippen molar-refractivity contribution in [2.75, 3.05) is 12.8 Å². The molecule has 0 unspecified atom stereocenters. The first-order valence-electron chi connectivity index (χ1n) is 3.95. The Bertz CT molecular complexity index is 371. The molecule has 0 saturated carbocycles. The Morgan fingerprint density at radius 1 is 1.67 bits per heavy atom. The molecule has 0 aromatic carbocycles. The number of nitrogens with one attached hydrogen (secondary N) is 1. The normalized spacial score (nSPS) is 11.5. The lowest BCUT2D eigenvalue weighted by Crippen LogP contribution is -2.27. The number of anilines is 1. The summed E-state index contributed by atoms with van der Waals surface area (Å²) in [5.74, 6) is -0.700. The molecule has 84 valence electrons. The predicted octanol–water partition coefficient (Wildman–Crippen LogP) is 0.387. The molecule has 0 aliphatic rings. The van der Waals surface area contributed by atoms with Crippen LogP contribution in [-0.4, -0.2) is 28.9 Å². The summed E-state index contributed by atoms with van der Waals surface area (Å²) in [6.07, 6.45) is -3.43. The van der Waals surface area contributed by atoms with E-state index >= 15 is 0 Å². The van der Waals surface area contributed by atoms with Crippen LogP contribution < -0.4 is 11.1 Å². The highest BCUT2D eigenvalue weighted by atomic mass is 19.4. The minimum atomic E-state index is -4.44. The fraction of sp³-hybridized carbons (Fsp3) is 0.429. The molecule has 0 aliphatic carbocycles. The third-order valence-electron chi connectivity index (χ3n) is 1.64. The van der Waals surface area contributed by atoms with Gasteiger partial charge in [-0.2, -0.15) is 18.3 Å². The van der Waals surface area contributed by atoms with Crippen LogP contribution >= 0.6 is 0 Å². The number of nitrogen functional groups attached to an aromatic ring is 1. The molecular weight excluding hydrogens is 213 g/mol. The van der Waals surface area contributed by atoms with E-state index in [1.54, 1.807) is 0 Å². The van der Waals surface area contributed by atoms with E-state index in [1.165, 1.54) is 7.05 Å². The molecular formula is C7H9F3N4O. The standard InChI is InChI=1S/C7H9F3N4O/c1-12-6(15)5-4(11)2-13-14(5)3-7(8,9)10/h2H,3,11H2,1H3,(H,12,15). The van der Waals surface area contributed by atoms with Crippen LogP contribution in [0.1, 0.15) is 10.5 Å². The van der Waals surface area contributed by atoms with E-state index in [0.29, 0.717) is 4.68 Å². The van der Waals surface area contributed by atoms with Gasteiger partial charge in [-0.15, -0.1) is 0 Å². The van der Waals surface area contributed by atoms with Crippen molar-refractivity contribution in [3.8, 4) is 0 Å². The lowest BCUT2D eigenvalue weighted by molar-refractivity contribution is -0.142. The van der Waals surface area contributed by atoms with E-state index in [2.05, 4.69) is 10.4 Å². The van der Waals surface area contributed by atoms with Gasteiger partial charge in [-0.3, -0.25) is 4.79 Å². The number of alkyl halides is 3.